The number of anilines is 2. The zero-order valence-electron chi connectivity index (χ0n) is 18.8. The molecule has 0 spiro atoms. The molecule has 3 rings (SSSR count). The minimum atomic E-state index is -4.51. The number of nitrogens with one attached hydrogen (secondary N) is 2. The van der Waals surface area contributed by atoms with Gasteiger partial charge in [-0.2, -0.15) is 10.2 Å². The van der Waals surface area contributed by atoms with Gasteiger partial charge in [0.2, 0.25) is 10.0 Å². The van der Waals surface area contributed by atoms with Gasteiger partial charge in [0.15, 0.2) is 0 Å². The van der Waals surface area contributed by atoms with E-state index in [1.807, 2.05) is 0 Å². The third-order valence-corrected chi connectivity index (χ3v) is 7.31. The van der Waals surface area contributed by atoms with Crippen LogP contribution in [0.3, 0.4) is 0 Å². The Morgan fingerprint density at radius 1 is 0.914 bits per heavy atom. The number of phenolic OH excluding ortho intramolecular Hbond substituents is 1. The fraction of sp³-hybridized carbons (Fsp3) is 0.100. The average molecular weight is 529 g/mol. The van der Waals surface area contributed by atoms with E-state index in [-0.39, 0.29) is 41.0 Å². The van der Waals surface area contributed by atoms with E-state index < -0.39 is 35.6 Å². The first-order valence-corrected chi connectivity index (χ1v) is 12.8. The number of benzene rings is 3. The zero-order valence-corrected chi connectivity index (χ0v) is 22.5. The normalized spacial score (nSPS) is 11.7. The summed E-state index contributed by atoms with van der Waals surface area (Å²) in [5.41, 5.74) is 1.59. The number of nitro benzene ring substituents is 1. The number of aryl methyl sites for hydroxylation is 1. The SMILES string of the molecule is Cc1cc(N=Nc2ccc(Nc3ccc(S(=O)(=O)NS(C)(=O)=O)cc3[N+](=O)[O-])cc2)ccc1O.[Na+]. The Hall–Kier alpha value is -2.88. The van der Waals surface area contributed by atoms with Crippen LogP contribution >= 0.6 is 0 Å². The van der Waals surface area contributed by atoms with Gasteiger partial charge in [-0.1, -0.05) is 0 Å². The molecule has 0 radical (unpaired) electrons. The smallest absolute Gasteiger partial charge is 0.508 e. The van der Waals surface area contributed by atoms with Gasteiger partial charge in [-0.3, -0.25) is 10.1 Å². The molecule has 0 saturated carbocycles. The van der Waals surface area contributed by atoms with E-state index in [9.17, 15) is 32.1 Å². The quantitative estimate of drug-likeness (QED) is 0.168. The van der Waals surface area contributed by atoms with Crippen LogP contribution in [-0.2, 0) is 20.0 Å². The van der Waals surface area contributed by atoms with Crippen LogP contribution in [0.1, 0.15) is 5.56 Å². The summed E-state index contributed by atoms with van der Waals surface area (Å²) in [4.78, 5) is 10.1. The van der Waals surface area contributed by atoms with Crippen molar-refractivity contribution >= 4 is 48.5 Å². The number of nitro groups is 1. The summed E-state index contributed by atoms with van der Waals surface area (Å²) in [6, 6.07) is 14.2. The van der Waals surface area contributed by atoms with E-state index in [1.54, 1.807) is 43.3 Å². The van der Waals surface area contributed by atoms with Gasteiger partial charge in [0.05, 0.1) is 27.4 Å². The molecule has 0 aromatic heterocycles. The maximum absolute atomic E-state index is 12.2. The second kappa shape index (κ2) is 11.2. The molecule has 0 unspecified atom stereocenters. The Morgan fingerprint density at radius 2 is 1.51 bits per heavy atom. The summed E-state index contributed by atoms with van der Waals surface area (Å²) in [7, 11) is -8.61. The van der Waals surface area contributed by atoms with Crippen molar-refractivity contribution < 1.29 is 56.4 Å². The Balaban J connectivity index is 0.00000432. The van der Waals surface area contributed by atoms with Gasteiger partial charge >= 0.3 is 29.6 Å². The molecule has 12 nitrogen and oxygen atoms in total. The van der Waals surface area contributed by atoms with Crippen molar-refractivity contribution in [2.24, 2.45) is 10.2 Å². The van der Waals surface area contributed by atoms with Crippen molar-refractivity contribution in [3.63, 3.8) is 0 Å². The zero-order chi connectivity index (χ0) is 25.1. The third kappa shape index (κ3) is 7.81. The summed E-state index contributed by atoms with van der Waals surface area (Å²) < 4.78 is 48.3. The first-order chi connectivity index (χ1) is 15.8. The van der Waals surface area contributed by atoms with Crippen LogP contribution < -0.4 is 39.0 Å². The van der Waals surface area contributed by atoms with E-state index in [0.717, 1.165) is 18.2 Å². The number of aromatic hydroxyl groups is 1. The average Bonchev–Trinajstić information content (AvgIpc) is 2.74. The molecule has 15 heteroatoms. The van der Waals surface area contributed by atoms with E-state index in [4.69, 9.17) is 0 Å². The number of sulfonamides is 2. The molecule has 3 N–H and O–H groups in total. The Labute approximate surface area is 223 Å². The van der Waals surface area contributed by atoms with Crippen molar-refractivity contribution in [3.05, 3.63) is 76.3 Å². The predicted molar refractivity (Wildman–Crippen MR) is 125 cm³/mol. The predicted octanol–water partition coefficient (Wildman–Crippen LogP) is 1.01. The van der Waals surface area contributed by atoms with Crippen molar-refractivity contribution in [1.82, 2.24) is 4.13 Å². The minimum absolute atomic E-state index is 0. The number of nitrogens with zero attached hydrogens (tertiary/aromatic N) is 3. The van der Waals surface area contributed by atoms with E-state index in [1.165, 1.54) is 10.2 Å². The summed E-state index contributed by atoms with van der Waals surface area (Å²) in [5.74, 6) is 0.153. The molecule has 0 heterocycles. The van der Waals surface area contributed by atoms with Gasteiger partial charge in [0.25, 0.3) is 15.7 Å². The molecule has 0 fully saturated rings. The van der Waals surface area contributed by atoms with Gasteiger partial charge in [0, 0.05) is 11.8 Å². The van der Waals surface area contributed by atoms with Crippen LogP contribution in [-0.4, -0.2) is 33.1 Å². The van der Waals surface area contributed by atoms with Crippen molar-refractivity contribution in [2.75, 3.05) is 11.6 Å². The standard InChI is InChI=1S/C20H19N5O7S2.Na/c1-13-11-16(7-10-20(13)26)23-22-15-5-3-14(4-6-15)21-18-9-8-17(12-19(18)25(27)28)34(31,32)24-33(2,29)30;/h3-12,21,24,26H,1-2H3;/q;+1. The summed E-state index contributed by atoms with van der Waals surface area (Å²) in [6.07, 6.45) is 0.657. The number of hydrogen-bond acceptors (Lipinski definition) is 10. The largest absolute Gasteiger partial charge is 1.00 e. The molecule has 0 aliphatic carbocycles. The summed E-state index contributed by atoms with van der Waals surface area (Å²) >= 11 is 0. The summed E-state index contributed by atoms with van der Waals surface area (Å²) in [6.45, 7) is 1.73. The molecule has 0 amide bonds. The number of hydrogen-bond donors (Lipinski definition) is 3. The molecule has 178 valence electrons. The Bertz CT molecular complexity index is 1490. The van der Waals surface area contributed by atoms with Gasteiger partial charge in [0.1, 0.15) is 11.4 Å². The van der Waals surface area contributed by atoms with Gasteiger partial charge in [-0.25, -0.2) is 16.8 Å². The molecule has 0 aliphatic heterocycles. The van der Waals surface area contributed by atoms with Crippen molar-refractivity contribution in [3.8, 4) is 5.75 Å². The van der Waals surface area contributed by atoms with Crippen LogP contribution in [0, 0.1) is 17.0 Å². The Kier molecular flexibility index (Phi) is 9.11. The first kappa shape index (κ1) is 28.4. The van der Waals surface area contributed by atoms with Gasteiger partial charge < -0.3 is 10.4 Å². The fourth-order valence-corrected chi connectivity index (χ4v) is 5.26. The van der Waals surface area contributed by atoms with Gasteiger partial charge in [-0.15, -0.1) is 4.13 Å². The number of phenols is 1. The molecule has 0 bridgehead atoms. The summed E-state index contributed by atoms with van der Waals surface area (Å²) in [5, 5.41) is 32.0. The monoisotopic (exact) mass is 528 g/mol. The molecule has 3 aromatic rings. The van der Waals surface area contributed by atoms with Crippen LogP contribution in [0.2, 0.25) is 0 Å². The Morgan fingerprint density at radius 3 is 2.09 bits per heavy atom. The van der Waals surface area contributed by atoms with E-state index in [0.29, 0.717) is 28.9 Å². The second-order valence-corrected chi connectivity index (χ2v) is 10.8. The maximum Gasteiger partial charge on any atom is 1.00 e. The molecule has 35 heavy (non-hydrogen) atoms. The molecule has 0 saturated heterocycles. The second-order valence-electron chi connectivity index (χ2n) is 7.14. The van der Waals surface area contributed by atoms with Crippen LogP contribution in [0.25, 0.3) is 0 Å². The van der Waals surface area contributed by atoms with E-state index in [2.05, 4.69) is 15.5 Å². The van der Waals surface area contributed by atoms with Crippen molar-refractivity contribution in [2.45, 2.75) is 11.8 Å². The molecular weight excluding hydrogens is 509 g/mol. The third-order valence-electron chi connectivity index (χ3n) is 4.34. The fourth-order valence-electron chi connectivity index (χ4n) is 2.77. The topological polar surface area (TPSA) is 180 Å². The molecule has 3 aromatic carbocycles. The minimum Gasteiger partial charge on any atom is -0.508 e. The molecule has 0 atom stereocenters. The van der Waals surface area contributed by atoms with Crippen molar-refractivity contribution in [1.29, 1.82) is 0 Å². The first-order valence-electron chi connectivity index (χ1n) is 9.44. The molecule has 0 aliphatic rings. The number of azo groups is 1. The van der Waals surface area contributed by atoms with Crippen LogP contribution in [0.4, 0.5) is 28.4 Å². The van der Waals surface area contributed by atoms with Gasteiger partial charge in [-0.05, 0) is 67.1 Å². The van der Waals surface area contributed by atoms with Crippen LogP contribution in [0.5, 0.6) is 5.75 Å². The maximum atomic E-state index is 12.2. The van der Waals surface area contributed by atoms with Crippen LogP contribution in [0.15, 0.2) is 75.8 Å². The number of rotatable bonds is 8. The molecular formula is C20H19N5NaO7S2+. The van der Waals surface area contributed by atoms with E-state index >= 15 is 0 Å².